The molecule has 0 aliphatic carbocycles. The lowest BCUT2D eigenvalue weighted by Gasteiger charge is -2.35. The van der Waals surface area contributed by atoms with Crippen molar-refractivity contribution in [2.75, 3.05) is 42.6 Å². The molecule has 40 heavy (non-hydrogen) atoms. The minimum Gasteiger partial charge on any atom is -0.462 e. The van der Waals surface area contributed by atoms with Crippen LogP contribution in [0, 0.1) is 5.82 Å². The Labute approximate surface area is 238 Å². The van der Waals surface area contributed by atoms with Crippen molar-refractivity contribution < 1.29 is 13.9 Å². The lowest BCUT2D eigenvalue weighted by atomic mass is 10.1. The van der Waals surface area contributed by atoms with Gasteiger partial charge in [0.1, 0.15) is 22.8 Å². The van der Waals surface area contributed by atoms with E-state index in [1.165, 1.54) is 12.3 Å². The number of thiazole rings is 1. The van der Waals surface area contributed by atoms with E-state index in [1.54, 1.807) is 47.1 Å². The highest BCUT2D eigenvalue weighted by Gasteiger charge is 2.23. The van der Waals surface area contributed by atoms with Crippen molar-refractivity contribution in [1.82, 2.24) is 14.5 Å². The summed E-state index contributed by atoms with van der Waals surface area (Å²) in [6.07, 6.45) is 1.39. The summed E-state index contributed by atoms with van der Waals surface area (Å²) in [5, 5.41) is 1.24. The van der Waals surface area contributed by atoms with Crippen molar-refractivity contribution in [2.45, 2.75) is 13.5 Å². The zero-order valence-corrected chi connectivity index (χ0v) is 23.2. The van der Waals surface area contributed by atoms with Gasteiger partial charge in [-0.1, -0.05) is 47.2 Å². The van der Waals surface area contributed by atoms with E-state index in [2.05, 4.69) is 15.9 Å². The van der Waals surface area contributed by atoms with Gasteiger partial charge in [-0.05, 0) is 37.3 Å². The molecular formula is C29H25ClFN5O3S. The van der Waals surface area contributed by atoms with E-state index in [0.29, 0.717) is 30.1 Å². The summed E-state index contributed by atoms with van der Waals surface area (Å²) >= 11 is 7.70. The molecule has 0 atom stereocenters. The molecule has 1 fully saturated rings. The number of carbonyl (C=O) groups is 1. The first-order valence-electron chi connectivity index (χ1n) is 12.9. The van der Waals surface area contributed by atoms with Crippen LogP contribution in [0.15, 0.2) is 65.6 Å². The third-order valence-corrected chi connectivity index (χ3v) is 8.32. The van der Waals surface area contributed by atoms with Gasteiger partial charge in [-0.3, -0.25) is 4.79 Å². The molecule has 0 radical (unpaired) electrons. The number of ether oxygens (including phenoxy) is 1. The molecule has 1 aliphatic rings. The third kappa shape index (κ3) is 4.89. The summed E-state index contributed by atoms with van der Waals surface area (Å²) < 4.78 is 22.7. The Balaban J connectivity index is 1.33. The number of para-hydroxylation sites is 1. The van der Waals surface area contributed by atoms with Crippen molar-refractivity contribution >= 4 is 61.1 Å². The average molecular weight is 578 g/mol. The minimum absolute atomic E-state index is 0.00638. The minimum atomic E-state index is -0.732. The largest absolute Gasteiger partial charge is 0.462 e. The topological polar surface area (TPSA) is 80.6 Å². The number of carbonyl (C=O) groups excluding carboxylic acids is 1. The fraction of sp³-hybridized carbons (Fsp3) is 0.241. The van der Waals surface area contributed by atoms with E-state index >= 15 is 0 Å². The van der Waals surface area contributed by atoms with Gasteiger partial charge in [-0.25, -0.2) is 19.2 Å². The van der Waals surface area contributed by atoms with Crippen LogP contribution < -0.4 is 15.2 Å². The first kappa shape index (κ1) is 26.2. The highest BCUT2D eigenvalue weighted by molar-refractivity contribution is 7.22. The number of nitrogens with zero attached hydrogens (tertiary/aromatic N) is 5. The van der Waals surface area contributed by atoms with Crippen LogP contribution in [-0.4, -0.2) is 53.3 Å². The Kier molecular flexibility index (Phi) is 7.12. The quantitative estimate of drug-likeness (QED) is 0.252. The number of aromatic nitrogens is 3. The molecule has 5 aromatic rings. The first-order chi connectivity index (χ1) is 19.4. The van der Waals surface area contributed by atoms with E-state index in [-0.39, 0.29) is 29.1 Å². The highest BCUT2D eigenvalue weighted by Crippen LogP contribution is 2.30. The Morgan fingerprint density at radius 2 is 1.80 bits per heavy atom. The molecule has 0 bridgehead atoms. The zero-order valence-electron chi connectivity index (χ0n) is 21.6. The summed E-state index contributed by atoms with van der Waals surface area (Å²) in [5.74, 6) is -0.597. The number of rotatable bonds is 6. The number of hydrogen-bond acceptors (Lipinski definition) is 8. The van der Waals surface area contributed by atoms with Gasteiger partial charge in [0.2, 0.25) is 5.43 Å². The Morgan fingerprint density at radius 1 is 1.02 bits per heavy atom. The smallest absolute Gasteiger partial charge is 0.343 e. The summed E-state index contributed by atoms with van der Waals surface area (Å²) in [6, 6.07) is 16.3. The summed E-state index contributed by atoms with van der Waals surface area (Å²) in [6.45, 7) is 4.77. The van der Waals surface area contributed by atoms with Crippen molar-refractivity contribution in [2.24, 2.45) is 0 Å². The molecule has 8 nitrogen and oxygen atoms in total. The molecule has 0 N–H and O–H groups in total. The normalized spacial score (nSPS) is 13.8. The molecule has 2 aromatic carbocycles. The predicted octanol–water partition coefficient (Wildman–Crippen LogP) is 5.35. The van der Waals surface area contributed by atoms with Gasteiger partial charge in [0.15, 0.2) is 5.13 Å². The molecule has 11 heteroatoms. The van der Waals surface area contributed by atoms with Gasteiger partial charge in [-0.15, -0.1) is 0 Å². The third-order valence-electron chi connectivity index (χ3n) is 6.93. The van der Waals surface area contributed by atoms with E-state index in [1.807, 2.05) is 18.2 Å². The number of piperazine rings is 1. The van der Waals surface area contributed by atoms with Crippen molar-refractivity contribution in [3.8, 4) is 0 Å². The summed E-state index contributed by atoms with van der Waals surface area (Å²) in [5.41, 5.74) is 1.05. The van der Waals surface area contributed by atoms with Crippen molar-refractivity contribution in [1.29, 1.82) is 0 Å². The Morgan fingerprint density at radius 3 is 2.58 bits per heavy atom. The maximum absolute atomic E-state index is 14.8. The van der Waals surface area contributed by atoms with Crippen LogP contribution in [0.4, 0.5) is 15.3 Å². The molecular weight excluding hydrogens is 553 g/mol. The summed E-state index contributed by atoms with van der Waals surface area (Å²) in [4.78, 5) is 39.9. The monoisotopic (exact) mass is 577 g/mol. The number of pyridine rings is 2. The van der Waals surface area contributed by atoms with Gasteiger partial charge in [0.05, 0.1) is 33.8 Å². The number of fused-ring (bicyclic) bond motifs is 2. The van der Waals surface area contributed by atoms with E-state index in [4.69, 9.17) is 26.3 Å². The Bertz CT molecular complexity index is 1770. The van der Waals surface area contributed by atoms with Crippen LogP contribution >= 0.6 is 22.9 Å². The predicted molar refractivity (Wildman–Crippen MR) is 157 cm³/mol. The number of halogens is 2. The van der Waals surface area contributed by atoms with E-state index in [0.717, 1.165) is 28.4 Å². The fourth-order valence-corrected chi connectivity index (χ4v) is 6.09. The second-order valence-electron chi connectivity index (χ2n) is 9.41. The molecule has 0 amide bonds. The van der Waals surface area contributed by atoms with Crippen LogP contribution in [-0.2, 0) is 11.3 Å². The van der Waals surface area contributed by atoms with Gasteiger partial charge >= 0.3 is 5.97 Å². The van der Waals surface area contributed by atoms with Crippen LogP contribution in [0.5, 0.6) is 0 Å². The SMILES string of the molecule is CCOC(=O)c1cn(Cc2cccc(Cl)c2F)c2nc(N3CCN(c4nc5ccccc5s4)CC3)ccc2c1=O. The van der Waals surface area contributed by atoms with Crippen LogP contribution in [0.1, 0.15) is 22.8 Å². The number of benzene rings is 2. The van der Waals surface area contributed by atoms with Crippen LogP contribution in [0.2, 0.25) is 5.02 Å². The number of hydrogen-bond donors (Lipinski definition) is 0. The molecule has 1 aliphatic heterocycles. The average Bonchev–Trinajstić information content (AvgIpc) is 3.41. The second kappa shape index (κ2) is 10.9. The maximum Gasteiger partial charge on any atom is 0.343 e. The molecule has 204 valence electrons. The summed E-state index contributed by atoms with van der Waals surface area (Å²) in [7, 11) is 0. The molecule has 0 spiro atoms. The van der Waals surface area contributed by atoms with Gasteiger partial charge in [-0.2, -0.15) is 0 Å². The first-order valence-corrected chi connectivity index (χ1v) is 14.1. The molecule has 4 heterocycles. The van der Waals surface area contributed by atoms with E-state index in [9.17, 15) is 14.0 Å². The second-order valence-corrected chi connectivity index (χ2v) is 10.8. The molecule has 3 aromatic heterocycles. The van der Waals surface area contributed by atoms with Crippen molar-refractivity contribution in [3.05, 3.63) is 93.0 Å². The van der Waals surface area contributed by atoms with E-state index < -0.39 is 17.2 Å². The van der Waals surface area contributed by atoms with Crippen LogP contribution in [0.25, 0.3) is 21.3 Å². The van der Waals surface area contributed by atoms with Gasteiger partial charge in [0, 0.05) is 37.9 Å². The highest BCUT2D eigenvalue weighted by atomic mass is 35.5. The van der Waals surface area contributed by atoms with Gasteiger partial charge in [0.25, 0.3) is 0 Å². The lowest BCUT2D eigenvalue weighted by Crippen LogP contribution is -2.46. The molecule has 6 rings (SSSR count). The van der Waals surface area contributed by atoms with Crippen LogP contribution in [0.3, 0.4) is 0 Å². The zero-order chi connectivity index (χ0) is 27.8. The maximum atomic E-state index is 14.8. The fourth-order valence-electron chi connectivity index (χ4n) is 4.88. The van der Waals surface area contributed by atoms with Gasteiger partial charge < -0.3 is 19.1 Å². The lowest BCUT2D eigenvalue weighted by molar-refractivity contribution is 0.0524. The molecule has 0 unspecified atom stereocenters. The van der Waals surface area contributed by atoms with Crippen molar-refractivity contribution in [3.63, 3.8) is 0 Å². The standard InChI is InChI=1S/C29H25ClFN5O3S/c1-2-39-28(38)20-17-36(16-18-6-5-7-21(30)25(18)31)27-19(26(20)37)10-11-24(33-27)34-12-14-35(15-13-34)29-32-22-8-3-4-9-23(22)40-29/h3-11,17H,2,12-16H2,1H3. The molecule has 1 saturated heterocycles. The molecule has 0 saturated carbocycles. The number of esters is 1. The Hall–Kier alpha value is -4.02. The number of anilines is 2.